The molecule has 192 valence electrons. The molecule has 0 aliphatic carbocycles. The third kappa shape index (κ3) is 4.05. The number of aromatic nitrogens is 3. The van der Waals surface area contributed by atoms with Crippen molar-refractivity contribution in [1.29, 1.82) is 0 Å². The highest BCUT2D eigenvalue weighted by atomic mass is 16.3. The summed E-state index contributed by atoms with van der Waals surface area (Å²) in [7, 11) is 0. The van der Waals surface area contributed by atoms with Crippen molar-refractivity contribution in [1.82, 2.24) is 15.0 Å². The second-order valence-electron chi connectivity index (χ2n) is 10.1. The molecule has 0 saturated heterocycles. The quantitative estimate of drug-likeness (QED) is 0.230. The molecule has 0 spiro atoms. The number of hydrogen-bond acceptors (Lipinski definition) is 4. The first kappa shape index (κ1) is 23.3. The van der Waals surface area contributed by atoms with E-state index in [1.165, 1.54) is 0 Å². The Bertz CT molecular complexity index is 2180. The van der Waals surface area contributed by atoms with E-state index in [0.717, 1.165) is 66.3 Å². The smallest absolute Gasteiger partial charge is 0.227 e. The lowest BCUT2D eigenvalue weighted by atomic mass is 9.92. The minimum Gasteiger partial charge on any atom is -0.436 e. The van der Waals surface area contributed by atoms with Gasteiger partial charge in [-0.2, -0.15) is 0 Å². The van der Waals surface area contributed by atoms with Crippen molar-refractivity contribution in [3.8, 4) is 45.2 Å². The molecule has 41 heavy (non-hydrogen) atoms. The zero-order chi connectivity index (χ0) is 27.2. The third-order valence-corrected chi connectivity index (χ3v) is 7.51. The van der Waals surface area contributed by atoms with Crippen LogP contribution < -0.4 is 0 Å². The number of hydrogen-bond donors (Lipinski definition) is 0. The lowest BCUT2D eigenvalue weighted by molar-refractivity contribution is 0.620. The van der Waals surface area contributed by atoms with Gasteiger partial charge in [0.05, 0.1) is 11.2 Å². The summed E-state index contributed by atoms with van der Waals surface area (Å²) >= 11 is 0. The van der Waals surface area contributed by atoms with Gasteiger partial charge >= 0.3 is 0 Å². The van der Waals surface area contributed by atoms with Gasteiger partial charge in [-0.3, -0.25) is 0 Å². The Hall–Kier alpha value is -5.61. The fourth-order valence-electron chi connectivity index (χ4n) is 5.58. The number of para-hydroxylation sites is 3. The van der Waals surface area contributed by atoms with E-state index in [0.29, 0.717) is 11.7 Å². The van der Waals surface area contributed by atoms with E-state index in [9.17, 15) is 0 Å². The van der Waals surface area contributed by atoms with Crippen LogP contribution in [0.15, 0.2) is 144 Å². The van der Waals surface area contributed by atoms with Gasteiger partial charge in [-0.05, 0) is 46.7 Å². The van der Waals surface area contributed by atoms with Crippen molar-refractivity contribution < 1.29 is 4.42 Å². The number of fused-ring (bicyclic) bond motifs is 3. The molecule has 0 N–H and O–H groups in total. The van der Waals surface area contributed by atoms with Gasteiger partial charge in [0.25, 0.3) is 0 Å². The molecule has 0 radical (unpaired) electrons. The summed E-state index contributed by atoms with van der Waals surface area (Å²) in [4.78, 5) is 14.9. The van der Waals surface area contributed by atoms with Crippen molar-refractivity contribution in [2.45, 2.75) is 0 Å². The van der Waals surface area contributed by atoms with E-state index in [-0.39, 0.29) is 0 Å². The molecule has 2 aromatic heterocycles. The Morgan fingerprint density at radius 2 is 1.17 bits per heavy atom. The fraction of sp³-hybridized carbons (Fsp3) is 0. The van der Waals surface area contributed by atoms with Gasteiger partial charge in [0.15, 0.2) is 11.4 Å². The molecule has 4 nitrogen and oxygen atoms in total. The van der Waals surface area contributed by atoms with Crippen LogP contribution in [0.2, 0.25) is 0 Å². The van der Waals surface area contributed by atoms with E-state index in [4.69, 9.17) is 19.4 Å². The summed E-state index contributed by atoms with van der Waals surface area (Å²) in [5.41, 5.74) is 8.53. The number of rotatable bonds is 4. The number of oxazole rings is 1. The first-order valence-corrected chi connectivity index (χ1v) is 13.6. The van der Waals surface area contributed by atoms with Gasteiger partial charge in [-0.15, -0.1) is 0 Å². The Kier molecular flexibility index (Phi) is 5.42. The van der Waals surface area contributed by atoms with Crippen LogP contribution in [-0.2, 0) is 0 Å². The van der Waals surface area contributed by atoms with Gasteiger partial charge in [0.1, 0.15) is 5.52 Å². The monoisotopic (exact) mass is 525 g/mol. The van der Waals surface area contributed by atoms with Gasteiger partial charge in [-0.25, -0.2) is 15.0 Å². The summed E-state index contributed by atoms with van der Waals surface area (Å²) in [5.74, 6) is 1.29. The number of nitrogens with zero attached hydrogens (tertiary/aromatic N) is 3. The lowest BCUT2D eigenvalue weighted by Crippen LogP contribution is -1.95. The highest BCUT2D eigenvalue weighted by Gasteiger charge is 2.18. The van der Waals surface area contributed by atoms with Crippen LogP contribution in [0.5, 0.6) is 0 Å². The molecule has 0 aliphatic rings. The van der Waals surface area contributed by atoms with E-state index < -0.39 is 0 Å². The Balaban J connectivity index is 1.35. The lowest BCUT2D eigenvalue weighted by Gasteiger charge is -2.14. The molecular weight excluding hydrogens is 502 g/mol. The standard InChI is InChI=1S/C37H23N3O/c1-2-12-25(13-3-1)35-29-17-6-7-18-31(29)38-36(40-35)27-15-10-14-26(23-27)34-28-16-5-4-11-24(28)21-22-30(34)37-39-32-19-8-9-20-33(32)41-37/h1-23H. The fourth-order valence-corrected chi connectivity index (χ4v) is 5.58. The molecule has 0 amide bonds. The van der Waals surface area contributed by atoms with Crippen molar-refractivity contribution in [3.05, 3.63) is 140 Å². The van der Waals surface area contributed by atoms with Crippen LogP contribution in [0.1, 0.15) is 0 Å². The molecular formula is C37H23N3O. The first-order chi connectivity index (χ1) is 20.3. The summed E-state index contributed by atoms with van der Waals surface area (Å²) in [6.45, 7) is 0. The zero-order valence-electron chi connectivity index (χ0n) is 22.0. The van der Waals surface area contributed by atoms with Crippen LogP contribution in [0.4, 0.5) is 0 Å². The van der Waals surface area contributed by atoms with Crippen molar-refractivity contribution in [3.63, 3.8) is 0 Å². The Morgan fingerprint density at radius 3 is 2.05 bits per heavy atom. The van der Waals surface area contributed by atoms with E-state index in [1.807, 2.05) is 60.7 Å². The molecule has 0 fully saturated rings. The van der Waals surface area contributed by atoms with E-state index in [1.54, 1.807) is 0 Å². The predicted molar refractivity (Wildman–Crippen MR) is 166 cm³/mol. The summed E-state index contributed by atoms with van der Waals surface area (Å²) in [6, 6.07) is 47.5. The van der Waals surface area contributed by atoms with E-state index >= 15 is 0 Å². The van der Waals surface area contributed by atoms with Crippen molar-refractivity contribution >= 4 is 32.8 Å². The van der Waals surface area contributed by atoms with Gasteiger partial charge in [0, 0.05) is 27.6 Å². The summed E-state index contributed by atoms with van der Waals surface area (Å²) in [6.07, 6.45) is 0. The third-order valence-electron chi connectivity index (χ3n) is 7.51. The Morgan fingerprint density at radius 1 is 0.463 bits per heavy atom. The van der Waals surface area contributed by atoms with Crippen molar-refractivity contribution in [2.24, 2.45) is 0 Å². The largest absolute Gasteiger partial charge is 0.436 e. The van der Waals surface area contributed by atoms with Gasteiger partial charge in [-0.1, -0.05) is 109 Å². The molecule has 4 heteroatoms. The minimum absolute atomic E-state index is 0.602. The molecule has 0 saturated carbocycles. The topological polar surface area (TPSA) is 51.8 Å². The SMILES string of the molecule is c1ccc(-c2nc(-c3cccc(-c4c(-c5nc6ccccc6o5)ccc5ccccc45)c3)nc3ccccc23)cc1. The predicted octanol–water partition coefficient (Wildman–Crippen LogP) is 9.59. The van der Waals surface area contributed by atoms with Crippen LogP contribution >= 0.6 is 0 Å². The zero-order valence-corrected chi connectivity index (χ0v) is 22.0. The maximum Gasteiger partial charge on any atom is 0.227 e. The minimum atomic E-state index is 0.602. The molecule has 8 aromatic rings. The molecule has 0 bridgehead atoms. The normalized spacial score (nSPS) is 11.4. The second kappa shape index (κ2) is 9.54. The molecule has 0 atom stereocenters. The average molecular weight is 526 g/mol. The highest BCUT2D eigenvalue weighted by Crippen LogP contribution is 2.40. The highest BCUT2D eigenvalue weighted by molar-refractivity contribution is 6.04. The maximum atomic E-state index is 6.26. The molecule has 6 aromatic carbocycles. The Labute approximate surface area is 236 Å². The number of benzene rings is 6. The maximum absolute atomic E-state index is 6.26. The van der Waals surface area contributed by atoms with Crippen LogP contribution in [-0.4, -0.2) is 15.0 Å². The second-order valence-corrected chi connectivity index (χ2v) is 10.1. The van der Waals surface area contributed by atoms with Gasteiger partial charge in [0.2, 0.25) is 5.89 Å². The first-order valence-electron chi connectivity index (χ1n) is 13.6. The van der Waals surface area contributed by atoms with Crippen molar-refractivity contribution in [2.75, 3.05) is 0 Å². The molecule has 8 rings (SSSR count). The molecule has 2 heterocycles. The average Bonchev–Trinajstić information content (AvgIpc) is 3.48. The molecule has 0 unspecified atom stereocenters. The van der Waals surface area contributed by atoms with E-state index in [2.05, 4.69) is 78.9 Å². The van der Waals surface area contributed by atoms with Crippen LogP contribution in [0.3, 0.4) is 0 Å². The van der Waals surface area contributed by atoms with Crippen LogP contribution in [0.25, 0.3) is 78.0 Å². The summed E-state index contributed by atoms with van der Waals surface area (Å²) in [5, 5.41) is 3.32. The summed E-state index contributed by atoms with van der Waals surface area (Å²) < 4.78 is 6.26. The van der Waals surface area contributed by atoms with Gasteiger partial charge < -0.3 is 4.42 Å². The molecule has 0 aliphatic heterocycles. The van der Waals surface area contributed by atoms with Crippen LogP contribution in [0, 0.1) is 0 Å².